The third-order valence-electron chi connectivity index (χ3n) is 5.36. The summed E-state index contributed by atoms with van der Waals surface area (Å²) in [6.07, 6.45) is 7.66. The number of nitrogens with zero attached hydrogens (tertiary/aromatic N) is 2. The van der Waals surface area contributed by atoms with Gasteiger partial charge in [-0.2, -0.15) is 0 Å². The highest BCUT2D eigenvalue weighted by Crippen LogP contribution is 2.25. The smallest absolute Gasteiger partial charge is 0.125 e. The van der Waals surface area contributed by atoms with Crippen molar-refractivity contribution < 1.29 is 9.47 Å². The minimum absolute atomic E-state index is 0.435. The molecule has 0 amide bonds. The third kappa shape index (κ3) is 7.02. The van der Waals surface area contributed by atoms with Crippen molar-refractivity contribution in [2.75, 3.05) is 13.2 Å². The molecule has 0 radical (unpaired) electrons. The fourth-order valence-electron chi connectivity index (χ4n) is 3.15. The van der Waals surface area contributed by atoms with Crippen LogP contribution in [0.15, 0.2) is 58.5 Å². The summed E-state index contributed by atoms with van der Waals surface area (Å²) in [6, 6.07) is 16.6. The summed E-state index contributed by atoms with van der Waals surface area (Å²) in [5, 5.41) is 0. The summed E-state index contributed by atoms with van der Waals surface area (Å²) in [4.78, 5) is 8.94. The van der Waals surface area contributed by atoms with E-state index in [0.29, 0.717) is 37.0 Å². The lowest BCUT2D eigenvalue weighted by Crippen LogP contribution is -2.14. The molecule has 0 heterocycles. The van der Waals surface area contributed by atoms with E-state index in [4.69, 9.17) is 20.9 Å². The van der Waals surface area contributed by atoms with Crippen LogP contribution >= 0.6 is 0 Å². The van der Waals surface area contributed by atoms with Crippen LogP contribution in [0.25, 0.3) is 0 Å². The monoisotopic (exact) mass is 420 g/mol. The van der Waals surface area contributed by atoms with Crippen molar-refractivity contribution in [3.05, 3.63) is 59.7 Å². The number of rotatable bonds is 12. The molecule has 0 unspecified atom stereocenters. The van der Waals surface area contributed by atoms with E-state index >= 15 is 0 Å². The second-order valence-corrected chi connectivity index (χ2v) is 8.30. The van der Waals surface area contributed by atoms with E-state index in [1.807, 2.05) is 48.5 Å². The van der Waals surface area contributed by atoms with Crippen molar-refractivity contribution in [1.82, 2.24) is 0 Å². The lowest BCUT2D eigenvalue weighted by molar-refractivity contribution is 0.279. The van der Waals surface area contributed by atoms with Gasteiger partial charge in [0.1, 0.15) is 23.2 Å². The van der Waals surface area contributed by atoms with E-state index in [2.05, 4.69) is 9.98 Å². The molecule has 0 aromatic heterocycles. The molecule has 2 aliphatic carbocycles. The molecule has 6 heteroatoms. The molecule has 164 valence electrons. The number of amidine groups is 2. The number of nitrogens with two attached hydrogens (primary N) is 2. The van der Waals surface area contributed by atoms with Gasteiger partial charge in [0, 0.05) is 11.1 Å². The van der Waals surface area contributed by atoms with Gasteiger partial charge in [0.15, 0.2) is 0 Å². The quantitative estimate of drug-likeness (QED) is 0.308. The van der Waals surface area contributed by atoms with Gasteiger partial charge >= 0.3 is 0 Å². The van der Waals surface area contributed by atoms with Gasteiger partial charge in [-0.05, 0) is 93.5 Å². The highest BCUT2D eigenvalue weighted by atomic mass is 16.5. The first kappa shape index (κ1) is 21.2. The van der Waals surface area contributed by atoms with Gasteiger partial charge in [-0.15, -0.1) is 0 Å². The molecule has 2 aliphatic rings. The Morgan fingerprint density at radius 2 is 1.03 bits per heavy atom. The predicted octanol–water partition coefficient (Wildman–Crippen LogP) is 4.05. The van der Waals surface area contributed by atoms with Gasteiger partial charge in [0.2, 0.25) is 0 Å². The SMILES string of the molecule is NC(=NC1CC1)c1ccc(OCCCCCOc2ccc(C(N)=NC3CC3)cc2)cc1. The van der Waals surface area contributed by atoms with Crippen LogP contribution in [0.5, 0.6) is 11.5 Å². The Bertz CT molecular complexity index is 823. The van der Waals surface area contributed by atoms with E-state index in [-0.39, 0.29) is 0 Å². The van der Waals surface area contributed by atoms with Crippen molar-refractivity contribution in [3.8, 4) is 11.5 Å². The Hall–Kier alpha value is -3.02. The molecule has 2 aromatic rings. The van der Waals surface area contributed by atoms with Crippen LogP contribution in [-0.4, -0.2) is 37.0 Å². The molecule has 4 rings (SSSR count). The first-order chi connectivity index (χ1) is 15.2. The maximum atomic E-state index is 6.02. The van der Waals surface area contributed by atoms with Crippen LogP contribution in [0.4, 0.5) is 0 Å². The van der Waals surface area contributed by atoms with Gasteiger partial charge in [-0.25, -0.2) is 0 Å². The number of ether oxygens (including phenoxy) is 2. The van der Waals surface area contributed by atoms with Crippen molar-refractivity contribution >= 4 is 11.7 Å². The number of unbranched alkanes of at least 4 members (excludes halogenated alkanes) is 2. The molecule has 0 aliphatic heterocycles. The largest absolute Gasteiger partial charge is 0.494 e. The Balaban J connectivity index is 1.08. The van der Waals surface area contributed by atoms with Crippen molar-refractivity contribution in [2.24, 2.45) is 21.5 Å². The third-order valence-corrected chi connectivity index (χ3v) is 5.36. The Morgan fingerprint density at radius 3 is 1.39 bits per heavy atom. The molecule has 4 N–H and O–H groups in total. The Kier molecular flexibility index (Phi) is 7.07. The highest BCUT2D eigenvalue weighted by Gasteiger charge is 2.21. The standard InChI is InChI=1S/C25H32N4O2/c26-24(28-20-8-9-20)18-4-12-22(13-5-18)30-16-2-1-3-17-31-23-14-6-19(7-15-23)25(27)29-21-10-11-21/h4-7,12-15,20-21H,1-3,8-11,16-17H2,(H2,26,28)(H2,27,29). The minimum atomic E-state index is 0.435. The van der Waals surface area contributed by atoms with Crippen LogP contribution in [0, 0.1) is 0 Å². The summed E-state index contributed by atoms with van der Waals surface area (Å²) in [5.41, 5.74) is 14.0. The number of aliphatic imine (C=N–C) groups is 2. The van der Waals surface area contributed by atoms with Crippen molar-refractivity contribution in [1.29, 1.82) is 0 Å². The summed E-state index contributed by atoms with van der Waals surface area (Å²) < 4.78 is 11.6. The van der Waals surface area contributed by atoms with Crippen LogP contribution < -0.4 is 20.9 Å². The Labute approximate surface area is 184 Å². The van der Waals surface area contributed by atoms with Gasteiger partial charge in [0.25, 0.3) is 0 Å². The fourth-order valence-corrected chi connectivity index (χ4v) is 3.15. The first-order valence-corrected chi connectivity index (χ1v) is 11.3. The molecule has 2 fully saturated rings. The maximum Gasteiger partial charge on any atom is 0.125 e. The molecular weight excluding hydrogens is 388 g/mol. The summed E-state index contributed by atoms with van der Waals surface area (Å²) in [6.45, 7) is 1.39. The first-order valence-electron chi connectivity index (χ1n) is 11.3. The number of benzene rings is 2. The molecule has 6 nitrogen and oxygen atoms in total. The maximum absolute atomic E-state index is 6.02. The van der Waals surface area contributed by atoms with Crippen molar-refractivity contribution in [3.63, 3.8) is 0 Å². The second kappa shape index (κ2) is 10.3. The average molecular weight is 421 g/mol. The van der Waals surface area contributed by atoms with Crippen LogP contribution in [0.3, 0.4) is 0 Å². The zero-order valence-electron chi connectivity index (χ0n) is 18.0. The lowest BCUT2D eigenvalue weighted by atomic mass is 10.2. The van der Waals surface area contributed by atoms with Gasteiger partial charge in [-0.3, -0.25) is 9.98 Å². The van der Waals surface area contributed by atoms with E-state index in [1.54, 1.807) is 0 Å². The van der Waals surface area contributed by atoms with Crippen molar-refractivity contribution in [2.45, 2.75) is 57.0 Å². The summed E-state index contributed by atoms with van der Waals surface area (Å²) in [5.74, 6) is 2.98. The number of hydrogen-bond donors (Lipinski definition) is 2. The minimum Gasteiger partial charge on any atom is -0.494 e. The van der Waals surface area contributed by atoms with Gasteiger partial charge in [-0.1, -0.05) is 0 Å². The van der Waals surface area contributed by atoms with Gasteiger partial charge < -0.3 is 20.9 Å². The topological polar surface area (TPSA) is 95.2 Å². The molecule has 0 saturated heterocycles. The Morgan fingerprint density at radius 1 is 0.645 bits per heavy atom. The van der Waals surface area contributed by atoms with E-state index in [0.717, 1.165) is 67.6 Å². The zero-order chi connectivity index (χ0) is 21.5. The van der Waals surface area contributed by atoms with Crippen LogP contribution in [-0.2, 0) is 0 Å². The molecule has 0 spiro atoms. The molecule has 0 bridgehead atoms. The summed E-state index contributed by atoms with van der Waals surface area (Å²) in [7, 11) is 0. The fraction of sp³-hybridized carbons (Fsp3) is 0.440. The number of hydrogen-bond acceptors (Lipinski definition) is 4. The normalized spacial score (nSPS) is 16.9. The van der Waals surface area contributed by atoms with Gasteiger partial charge in [0.05, 0.1) is 25.3 Å². The predicted molar refractivity (Wildman–Crippen MR) is 125 cm³/mol. The van der Waals surface area contributed by atoms with Crippen LogP contribution in [0.1, 0.15) is 56.1 Å². The van der Waals surface area contributed by atoms with Crippen LogP contribution in [0.2, 0.25) is 0 Å². The molecule has 2 saturated carbocycles. The van der Waals surface area contributed by atoms with E-state index in [9.17, 15) is 0 Å². The van der Waals surface area contributed by atoms with E-state index < -0.39 is 0 Å². The summed E-state index contributed by atoms with van der Waals surface area (Å²) >= 11 is 0. The average Bonchev–Trinajstić information content (AvgIpc) is 3.71. The molecular formula is C25H32N4O2. The lowest BCUT2D eigenvalue weighted by Gasteiger charge is -2.09. The van der Waals surface area contributed by atoms with E-state index in [1.165, 1.54) is 0 Å². The second-order valence-electron chi connectivity index (χ2n) is 8.30. The highest BCUT2D eigenvalue weighted by molar-refractivity contribution is 5.98. The molecule has 0 atom stereocenters. The molecule has 31 heavy (non-hydrogen) atoms. The molecule has 2 aromatic carbocycles. The zero-order valence-corrected chi connectivity index (χ0v) is 18.0.